The van der Waals surface area contributed by atoms with Gasteiger partial charge in [-0.1, -0.05) is 0 Å². The van der Waals surface area contributed by atoms with Gasteiger partial charge in [-0.3, -0.25) is 4.79 Å². The molecule has 0 aromatic heterocycles. The van der Waals surface area contributed by atoms with E-state index in [1.807, 2.05) is 0 Å². The lowest BCUT2D eigenvalue weighted by atomic mass is 10.1. The molecule has 1 fully saturated rings. The first-order valence-corrected chi connectivity index (χ1v) is 8.26. The average Bonchev–Trinajstić information content (AvgIpc) is 2.85. The summed E-state index contributed by atoms with van der Waals surface area (Å²) >= 11 is 0. The molecule has 2 unspecified atom stereocenters. The van der Waals surface area contributed by atoms with Crippen molar-refractivity contribution < 1.29 is 27.1 Å². The maximum absolute atomic E-state index is 13.6. The minimum atomic E-state index is -3.61. The van der Waals surface area contributed by atoms with Crippen LogP contribution in [0.25, 0.3) is 0 Å². The first kappa shape index (κ1) is 15.9. The van der Waals surface area contributed by atoms with E-state index in [4.69, 9.17) is 9.47 Å². The van der Waals surface area contributed by atoms with Crippen LogP contribution in [0.2, 0.25) is 0 Å². The van der Waals surface area contributed by atoms with E-state index in [0.717, 1.165) is 6.07 Å². The quantitative estimate of drug-likeness (QED) is 0.772. The highest BCUT2D eigenvalue weighted by atomic mass is 32.2. The summed E-state index contributed by atoms with van der Waals surface area (Å²) in [7, 11) is -2.30. The third kappa shape index (κ3) is 3.41. The van der Waals surface area contributed by atoms with Gasteiger partial charge in [-0.05, 0) is 31.5 Å². The lowest BCUT2D eigenvalue weighted by molar-refractivity contribution is 0.101. The number of ether oxygens (including phenoxy) is 2. The zero-order chi connectivity index (χ0) is 15.6. The molecule has 0 amide bonds. The maximum Gasteiger partial charge on any atom is 0.177 e. The fourth-order valence-electron chi connectivity index (χ4n) is 2.40. The predicted octanol–water partition coefficient (Wildman–Crippen LogP) is 1.61. The molecular weight excluding hydrogens is 299 g/mol. The normalized spacial score (nSPS) is 22.2. The van der Waals surface area contributed by atoms with Gasteiger partial charge < -0.3 is 9.47 Å². The summed E-state index contributed by atoms with van der Waals surface area (Å²) in [5.74, 6) is -1.96. The lowest BCUT2D eigenvalue weighted by Gasteiger charge is -2.14. The molecule has 1 aliphatic heterocycles. The molecule has 7 heteroatoms. The topological polar surface area (TPSA) is 69.7 Å². The number of benzene rings is 1. The highest BCUT2D eigenvalue weighted by Crippen LogP contribution is 2.23. The van der Waals surface area contributed by atoms with Crippen molar-refractivity contribution >= 4 is 15.6 Å². The average molecular weight is 316 g/mol. The van der Waals surface area contributed by atoms with E-state index in [9.17, 15) is 17.6 Å². The van der Waals surface area contributed by atoms with Crippen molar-refractivity contribution in [3.05, 3.63) is 29.6 Å². The fourth-order valence-corrected chi connectivity index (χ4v) is 4.26. The summed E-state index contributed by atoms with van der Waals surface area (Å²) in [6.07, 6.45) is -0.0382. The monoisotopic (exact) mass is 316 g/mol. The standard InChI is InChI=1S/C14H17FO5S/c1-9-14(5-6-20-9)21(17,18)8-12(16)10-3-4-13(19-2)11(15)7-10/h3-4,7,9,14H,5-6,8H2,1-2H3. The van der Waals surface area contributed by atoms with Gasteiger partial charge in [0.15, 0.2) is 27.2 Å². The van der Waals surface area contributed by atoms with E-state index < -0.39 is 38.5 Å². The van der Waals surface area contributed by atoms with Gasteiger partial charge in [0.2, 0.25) is 0 Å². The second kappa shape index (κ2) is 6.11. The zero-order valence-corrected chi connectivity index (χ0v) is 12.7. The molecule has 2 rings (SSSR count). The fraction of sp³-hybridized carbons (Fsp3) is 0.500. The number of carbonyl (C=O) groups is 1. The minimum Gasteiger partial charge on any atom is -0.494 e. The Bertz CT molecular complexity index is 641. The van der Waals surface area contributed by atoms with Crippen molar-refractivity contribution in [1.82, 2.24) is 0 Å². The van der Waals surface area contributed by atoms with Gasteiger partial charge >= 0.3 is 0 Å². The molecule has 0 spiro atoms. The van der Waals surface area contributed by atoms with Crippen LogP contribution in [0.3, 0.4) is 0 Å². The smallest absolute Gasteiger partial charge is 0.177 e. The van der Waals surface area contributed by atoms with E-state index in [2.05, 4.69) is 0 Å². The Morgan fingerprint density at radius 2 is 2.19 bits per heavy atom. The largest absolute Gasteiger partial charge is 0.494 e. The molecule has 0 N–H and O–H groups in total. The number of hydrogen-bond acceptors (Lipinski definition) is 5. The van der Waals surface area contributed by atoms with Gasteiger partial charge in [-0.15, -0.1) is 0 Å². The second-order valence-corrected chi connectivity index (χ2v) is 7.20. The van der Waals surface area contributed by atoms with Crippen LogP contribution in [0, 0.1) is 5.82 Å². The summed E-state index contributed by atoms with van der Waals surface area (Å²) in [4.78, 5) is 12.0. The molecule has 0 bridgehead atoms. The Hall–Kier alpha value is -1.47. The summed E-state index contributed by atoms with van der Waals surface area (Å²) < 4.78 is 48.0. The van der Waals surface area contributed by atoms with E-state index in [-0.39, 0.29) is 11.3 Å². The van der Waals surface area contributed by atoms with Crippen LogP contribution in [0.1, 0.15) is 23.7 Å². The number of Topliss-reactive ketones (excluding diaryl/α,β-unsaturated/α-hetero) is 1. The number of ketones is 1. The molecule has 5 nitrogen and oxygen atoms in total. The molecular formula is C14H17FO5S. The molecule has 0 radical (unpaired) electrons. The number of rotatable bonds is 5. The maximum atomic E-state index is 13.6. The number of halogens is 1. The van der Waals surface area contributed by atoms with Crippen molar-refractivity contribution in [3.63, 3.8) is 0 Å². The van der Waals surface area contributed by atoms with Crippen LogP contribution in [0.4, 0.5) is 4.39 Å². The summed E-state index contributed by atoms with van der Waals surface area (Å²) in [5.41, 5.74) is 0.0171. The predicted molar refractivity (Wildman–Crippen MR) is 74.9 cm³/mol. The molecule has 21 heavy (non-hydrogen) atoms. The summed E-state index contributed by atoms with van der Waals surface area (Å²) in [6.45, 7) is 2.04. The third-order valence-electron chi connectivity index (χ3n) is 3.57. The molecule has 0 saturated carbocycles. The van der Waals surface area contributed by atoms with Crippen molar-refractivity contribution in [3.8, 4) is 5.75 Å². The van der Waals surface area contributed by atoms with Crippen LogP contribution >= 0.6 is 0 Å². The van der Waals surface area contributed by atoms with E-state index >= 15 is 0 Å². The minimum absolute atomic E-state index is 0.00669. The Labute approximate surface area is 123 Å². The summed E-state index contributed by atoms with van der Waals surface area (Å²) in [6, 6.07) is 3.65. The first-order chi connectivity index (χ1) is 9.85. The first-order valence-electron chi connectivity index (χ1n) is 6.55. The van der Waals surface area contributed by atoms with E-state index in [0.29, 0.717) is 13.0 Å². The highest BCUT2D eigenvalue weighted by Gasteiger charge is 2.37. The van der Waals surface area contributed by atoms with Gasteiger partial charge in [0.05, 0.1) is 18.5 Å². The molecule has 1 aromatic carbocycles. The lowest BCUT2D eigenvalue weighted by Crippen LogP contribution is -2.32. The van der Waals surface area contributed by atoms with Crippen LogP contribution in [-0.4, -0.2) is 45.0 Å². The second-order valence-electron chi connectivity index (χ2n) is 4.98. The third-order valence-corrected chi connectivity index (χ3v) is 5.78. The molecule has 1 aliphatic rings. The van der Waals surface area contributed by atoms with Crippen molar-refractivity contribution in [2.75, 3.05) is 19.5 Å². The Morgan fingerprint density at radius 3 is 2.71 bits per heavy atom. The zero-order valence-electron chi connectivity index (χ0n) is 11.8. The molecule has 1 aromatic rings. The van der Waals surface area contributed by atoms with E-state index in [1.165, 1.54) is 19.2 Å². The SMILES string of the molecule is COc1ccc(C(=O)CS(=O)(=O)C2CCOC2C)cc1F. The van der Waals surface area contributed by atoms with Crippen LogP contribution in [-0.2, 0) is 14.6 Å². The van der Waals surface area contributed by atoms with Gasteiger partial charge in [-0.2, -0.15) is 0 Å². The Morgan fingerprint density at radius 1 is 1.48 bits per heavy atom. The van der Waals surface area contributed by atoms with Crippen molar-refractivity contribution in [2.24, 2.45) is 0 Å². The van der Waals surface area contributed by atoms with Crippen LogP contribution < -0.4 is 4.74 Å². The van der Waals surface area contributed by atoms with Crippen molar-refractivity contribution in [2.45, 2.75) is 24.7 Å². The highest BCUT2D eigenvalue weighted by molar-refractivity contribution is 7.92. The van der Waals surface area contributed by atoms with E-state index in [1.54, 1.807) is 6.92 Å². The van der Waals surface area contributed by atoms with Gasteiger partial charge in [0.1, 0.15) is 5.75 Å². The van der Waals surface area contributed by atoms with Gasteiger partial charge in [0.25, 0.3) is 0 Å². The number of methoxy groups -OCH3 is 1. The summed E-state index contributed by atoms with van der Waals surface area (Å²) in [5, 5.41) is -0.676. The van der Waals surface area contributed by atoms with Gasteiger partial charge in [-0.25, -0.2) is 12.8 Å². The Balaban J connectivity index is 2.16. The molecule has 0 aliphatic carbocycles. The molecule has 2 atom stereocenters. The van der Waals surface area contributed by atoms with Crippen LogP contribution in [0.5, 0.6) is 5.75 Å². The number of carbonyl (C=O) groups excluding carboxylic acids is 1. The molecule has 116 valence electrons. The van der Waals surface area contributed by atoms with Crippen LogP contribution in [0.15, 0.2) is 18.2 Å². The Kier molecular flexibility index (Phi) is 4.63. The molecule has 1 saturated heterocycles. The number of hydrogen-bond donors (Lipinski definition) is 0. The number of sulfone groups is 1. The van der Waals surface area contributed by atoms with Gasteiger partial charge in [0, 0.05) is 12.2 Å². The van der Waals surface area contributed by atoms with Crippen molar-refractivity contribution in [1.29, 1.82) is 0 Å². The molecule has 1 heterocycles.